The van der Waals surface area contributed by atoms with Gasteiger partial charge in [-0.25, -0.2) is 0 Å². The summed E-state index contributed by atoms with van der Waals surface area (Å²) in [7, 11) is 8.93. The first-order valence-electron chi connectivity index (χ1n) is 18.6. The summed E-state index contributed by atoms with van der Waals surface area (Å²) >= 11 is 0. The number of cyclic esters (lactones) is 1. The highest BCUT2D eigenvalue weighted by molar-refractivity contribution is 5.73. The van der Waals surface area contributed by atoms with E-state index in [1.54, 1.807) is 28.1 Å². The Labute approximate surface area is 301 Å². The first-order chi connectivity index (χ1) is 23.2. The molecule has 50 heavy (non-hydrogen) atoms. The van der Waals surface area contributed by atoms with Gasteiger partial charge in [0.05, 0.1) is 47.6 Å². The summed E-state index contributed by atoms with van der Waals surface area (Å²) < 4.78 is 44.4. The van der Waals surface area contributed by atoms with Crippen LogP contribution in [0.2, 0.25) is 0 Å². The molecule has 3 aliphatic rings. The third-order valence-corrected chi connectivity index (χ3v) is 12.0. The van der Waals surface area contributed by atoms with Crippen LogP contribution in [0.1, 0.15) is 88.0 Å². The van der Waals surface area contributed by atoms with Gasteiger partial charge in [-0.2, -0.15) is 0 Å². The Balaban J connectivity index is 2.17. The number of esters is 1. The molecule has 1 unspecified atom stereocenters. The van der Waals surface area contributed by atoms with Crippen molar-refractivity contribution in [2.24, 2.45) is 17.8 Å². The number of ether oxygens (including phenoxy) is 7. The predicted molar refractivity (Wildman–Crippen MR) is 188 cm³/mol. The molecule has 0 aromatic rings. The fourth-order valence-electron chi connectivity index (χ4n) is 8.22. The number of methoxy groups -OCH3 is 2. The molecule has 0 amide bonds. The van der Waals surface area contributed by atoms with Crippen LogP contribution in [0.15, 0.2) is 0 Å². The average Bonchev–Trinajstić information content (AvgIpc) is 3.07. The molecule has 0 spiro atoms. The fraction of sp³-hybridized carbons (Fsp3) is 0.973. The summed E-state index contributed by atoms with van der Waals surface area (Å²) in [6.45, 7) is 17.6. The highest BCUT2D eigenvalue weighted by atomic mass is 16.7. The van der Waals surface area contributed by atoms with E-state index in [-0.39, 0.29) is 30.5 Å². The minimum atomic E-state index is -1.05. The number of likely N-dealkylation sites (N-methyl/N-ethyl adjacent to an activating group) is 2. The van der Waals surface area contributed by atoms with Crippen LogP contribution in [0.25, 0.3) is 0 Å². The second-order valence-electron chi connectivity index (χ2n) is 16.2. The van der Waals surface area contributed by atoms with E-state index in [0.717, 1.165) is 0 Å². The molecule has 0 bridgehead atoms. The molecule has 3 heterocycles. The molecule has 0 saturated carbocycles. The van der Waals surface area contributed by atoms with Crippen LogP contribution in [0.4, 0.5) is 0 Å². The number of hydrogen-bond donors (Lipinski definition) is 3. The van der Waals surface area contributed by atoms with Gasteiger partial charge in [0.15, 0.2) is 12.6 Å². The first kappa shape index (κ1) is 43.4. The van der Waals surface area contributed by atoms with Gasteiger partial charge in [0.2, 0.25) is 0 Å². The number of aliphatic hydroxyl groups is 3. The van der Waals surface area contributed by atoms with Crippen molar-refractivity contribution >= 4 is 5.97 Å². The average molecular weight is 719 g/mol. The molecule has 13 nitrogen and oxygen atoms in total. The van der Waals surface area contributed by atoms with Crippen LogP contribution < -0.4 is 0 Å². The van der Waals surface area contributed by atoms with E-state index in [9.17, 15) is 20.1 Å². The number of carbonyl (C=O) groups is 1. The zero-order chi connectivity index (χ0) is 37.9. The van der Waals surface area contributed by atoms with E-state index in [4.69, 9.17) is 33.2 Å². The van der Waals surface area contributed by atoms with Crippen molar-refractivity contribution < 1.29 is 53.3 Å². The van der Waals surface area contributed by atoms with E-state index in [0.29, 0.717) is 25.8 Å². The molecule has 0 radical (unpaired) electrons. The third-order valence-electron chi connectivity index (χ3n) is 12.0. The van der Waals surface area contributed by atoms with Gasteiger partial charge in [0.25, 0.3) is 0 Å². The number of aliphatic hydroxyl groups excluding tert-OH is 3. The van der Waals surface area contributed by atoms with Crippen molar-refractivity contribution in [3.05, 3.63) is 0 Å². The summed E-state index contributed by atoms with van der Waals surface area (Å²) in [6.07, 6.45) is -5.50. The largest absolute Gasteiger partial charge is 0.461 e. The molecule has 3 saturated heterocycles. The smallest absolute Gasteiger partial charge is 0.311 e. The normalized spacial score (nSPS) is 47.9. The Morgan fingerprint density at radius 3 is 2.10 bits per heavy atom. The van der Waals surface area contributed by atoms with Crippen molar-refractivity contribution in [3.8, 4) is 0 Å². The van der Waals surface area contributed by atoms with Crippen molar-refractivity contribution in [1.82, 2.24) is 9.80 Å². The molecule has 3 N–H and O–H groups in total. The molecule has 3 fully saturated rings. The Morgan fingerprint density at radius 1 is 0.920 bits per heavy atom. The molecular formula is C37H70N2O11. The molecule has 3 rings (SSSR count). The van der Waals surface area contributed by atoms with E-state index < -0.39 is 84.3 Å². The second kappa shape index (κ2) is 17.9. The lowest BCUT2D eigenvalue weighted by Gasteiger charge is -2.50. The lowest BCUT2D eigenvalue weighted by atomic mass is 9.76. The van der Waals surface area contributed by atoms with Gasteiger partial charge in [0, 0.05) is 45.2 Å². The second-order valence-corrected chi connectivity index (χ2v) is 16.2. The van der Waals surface area contributed by atoms with Crippen LogP contribution in [-0.2, 0) is 38.0 Å². The Kier molecular flexibility index (Phi) is 15.6. The maximum atomic E-state index is 14.1. The molecular weight excluding hydrogens is 648 g/mol. The van der Waals surface area contributed by atoms with Crippen LogP contribution in [-0.4, -0.2) is 158 Å². The van der Waals surface area contributed by atoms with Crippen LogP contribution in [0.5, 0.6) is 0 Å². The Bertz CT molecular complexity index is 1070. The summed E-state index contributed by atoms with van der Waals surface area (Å²) in [5, 5.41) is 34.2. The van der Waals surface area contributed by atoms with Crippen molar-refractivity contribution in [3.63, 3.8) is 0 Å². The molecule has 0 aliphatic carbocycles. The summed E-state index contributed by atoms with van der Waals surface area (Å²) in [4.78, 5) is 18.1. The predicted octanol–water partition coefficient (Wildman–Crippen LogP) is 2.80. The Hall–Kier alpha value is -0.970. The SMILES string of the molecule is CC[C@@H]1CN(C)[C@@H](C)[C@@H](O)[C@H](C)C[C@](C)(OC)[C@H](O[C@@H]2O[C@H](C)C[C@H](N(C)C)[C@H]2O)[C@@H](C)[C@H](OC2C[C@@](C)(OC)[C@@H](O)[C@H](C)O2)[C@@H](C)C(=O)O1. The van der Waals surface area contributed by atoms with Gasteiger partial charge in [0.1, 0.15) is 18.3 Å². The van der Waals surface area contributed by atoms with E-state index in [1.165, 1.54) is 0 Å². The third kappa shape index (κ3) is 9.76. The van der Waals surface area contributed by atoms with Gasteiger partial charge in [-0.3, -0.25) is 9.69 Å². The number of nitrogens with zero attached hydrogens (tertiary/aromatic N) is 2. The highest BCUT2D eigenvalue weighted by Gasteiger charge is 2.52. The minimum Gasteiger partial charge on any atom is -0.461 e. The summed E-state index contributed by atoms with van der Waals surface area (Å²) in [5.74, 6) is -2.03. The molecule has 0 aromatic carbocycles. The molecule has 3 aliphatic heterocycles. The minimum absolute atomic E-state index is 0.197. The maximum absolute atomic E-state index is 14.1. The number of rotatable bonds is 8. The number of carbonyl (C=O) groups excluding carboxylic acids is 1. The van der Waals surface area contributed by atoms with Gasteiger partial charge in [-0.05, 0) is 87.9 Å². The fourth-order valence-corrected chi connectivity index (χ4v) is 8.22. The number of hydrogen-bond acceptors (Lipinski definition) is 13. The molecule has 0 aromatic heterocycles. The van der Waals surface area contributed by atoms with E-state index in [2.05, 4.69) is 0 Å². The maximum Gasteiger partial charge on any atom is 0.311 e. The lowest BCUT2D eigenvalue weighted by molar-refractivity contribution is -0.319. The zero-order valence-electron chi connectivity index (χ0n) is 33.2. The Morgan fingerprint density at radius 2 is 1.54 bits per heavy atom. The summed E-state index contributed by atoms with van der Waals surface area (Å²) in [5.41, 5.74) is -2.00. The standard InChI is InChI=1S/C37H70N2O11/c1-15-26-19-39(12)24(6)29(40)20(2)17-37(9,45-14)33(50-35-30(41)27(38(10)11)16-21(3)46-35)22(4)31(23(5)34(43)48-26)49-28-18-36(8,44-13)32(42)25(7)47-28/h20-33,35,40-42H,15-19H2,1-14H3/t20-,21-,22+,23-,24+,25+,26-,27+,28?,29+,30-,31+,32+,33-,35+,36-,37+/m1/s1. The van der Waals surface area contributed by atoms with Crippen LogP contribution in [0.3, 0.4) is 0 Å². The van der Waals surface area contributed by atoms with Gasteiger partial charge in [-0.1, -0.05) is 20.8 Å². The van der Waals surface area contributed by atoms with Crippen LogP contribution in [0, 0.1) is 17.8 Å². The highest BCUT2D eigenvalue weighted by Crippen LogP contribution is 2.41. The van der Waals surface area contributed by atoms with Crippen molar-refractivity contribution in [2.75, 3.05) is 41.9 Å². The molecule has 294 valence electrons. The van der Waals surface area contributed by atoms with Gasteiger partial charge < -0.3 is 53.4 Å². The van der Waals surface area contributed by atoms with E-state index >= 15 is 0 Å². The molecule has 13 heteroatoms. The zero-order valence-corrected chi connectivity index (χ0v) is 33.2. The monoisotopic (exact) mass is 718 g/mol. The first-order valence-corrected chi connectivity index (χ1v) is 18.6. The quantitative estimate of drug-likeness (QED) is 0.316. The topological polar surface area (TPSA) is 149 Å². The van der Waals surface area contributed by atoms with Crippen molar-refractivity contribution in [2.45, 2.75) is 173 Å². The molecule has 17 atom stereocenters. The summed E-state index contributed by atoms with van der Waals surface area (Å²) in [6, 6.07) is -0.459. The van der Waals surface area contributed by atoms with Crippen molar-refractivity contribution in [1.29, 1.82) is 0 Å². The van der Waals surface area contributed by atoms with Crippen LogP contribution >= 0.6 is 0 Å². The van der Waals surface area contributed by atoms with Gasteiger partial charge in [-0.15, -0.1) is 0 Å². The van der Waals surface area contributed by atoms with E-state index in [1.807, 2.05) is 79.4 Å². The van der Waals surface area contributed by atoms with Gasteiger partial charge >= 0.3 is 5.97 Å². The lowest BCUT2D eigenvalue weighted by Crippen LogP contribution is -2.61.